The number of ether oxygens (including phenoxy) is 1. The molecule has 4 nitrogen and oxygen atoms in total. The molecule has 0 radical (unpaired) electrons. The second-order valence-electron chi connectivity index (χ2n) is 4.81. The Morgan fingerprint density at radius 2 is 1.90 bits per heavy atom. The highest BCUT2D eigenvalue weighted by atomic mass is 16.6. The molecule has 0 aliphatic carbocycles. The topological polar surface area (TPSA) is 52.4 Å². The molecule has 0 spiro atoms. The number of nitro benzene ring substituents is 1. The van der Waals surface area contributed by atoms with E-state index in [-0.39, 0.29) is 5.69 Å². The van der Waals surface area contributed by atoms with Crippen molar-refractivity contribution in [1.82, 2.24) is 0 Å². The van der Waals surface area contributed by atoms with Gasteiger partial charge in [0.2, 0.25) is 0 Å². The number of hydrogen-bond donors (Lipinski definition) is 0. The van der Waals surface area contributed by atoms with Gasteiger partial charge in [-0.25, -0.2) is 0 Å². The molecular formula is C17H17NO3. The van der Waals surface area contributed by atoms with E-state index < -0.39 is 4.92 Å². The van der Waals surface area contributed by atoms with E-state index in [0.29, 0.717) is 5.75 Å². The molecule has 0 aromatic heterocycles. The van der Waals surface area contributed by atoms with Crippen molar-refractivity contribution in [2.24, 2.45) is 0 Å². The number of hydrogen-bond acceptors (Lipinski definition) is 3. The summed E-state index contributed by atoms with van der Waals surface area (Å²) in [4.78, 5) is 10.2. The monoisotopic (exact) mass is 283 g/mol. The van der Waals surface area contributed by atoms with Crippen LogP contribution in [0.1, 0.15) is 25.0 Å². The van der Waals surface area contributed by atoms with Gasteiger partial charge >= 0.3 is 0 Å². The minimum absolute atomic E-state index is 0.0516. The number of aryl methyl sites for hydroxylation is 1. The lowest BCUT2D eigenvalue weighted by Gasteiger charge is -2.12. The molecule has 0 saturated heterocycles. The van der Waals surface area contributed by atoms with Crippen molar-refractivity contribution >= 4 is 11.3 Å². The van der Waals surface area contributed by atoms with Crippen LogP contribution in [0, 0.1) is 10.1 Å². The Morgan fingerprint density at radius 1 is 1.24 bits per heavy atom. The molecule has 0 atom stereocenters. The lowest BCUT2D eigenvalue weighted by atomic mass is 10.0. The molecule has 0 N–H and O–H groups in total. The molecule has 21 heavy (non-hydrogen) atoms. The van der Waals surface area contributed by atoms with E-state index >= 15 is 0 Å². The molecule has 0 bridgehead atoms. The van der Waals surface area contributed by atoms with Gasteiger partial charge in [-0.2, -0.15) is 0 Å². The van der Waals surface area contributed by atoms with Gasteiger partial charge in [0.15, 0.2) is 0 Å². The number of benzene rings is 2. The predicted octanol–water partition coefficient (Wildman–Crippen LogP) is 4.98. The SMILES string of the molecule is C=C(C)c1ccc(Oc2ccc([N+](=O)[O-])cc2)c(CC)c1. The first-order valence-electron chi connectivity index (χ1n) is 6.72. The molecular weight excluding hydrogens is 266 g/mol. The molecule has 2 aromatic rings. The Kier molecular flexibility index (Phi) is 4.38. The molecule has 4 heteroatoms. The van der Waals surface area contributed by atoms with Crippen LogP contribution in [-0.2, 0) is 6.42 Å². The first-order valence-corrected chi connectivity index (χ1v) is 6.72. The Balaban J connectivity index is 2.26. The molecule has 0 heterocycles. The highest BCUT2D eigenvalue weighted by Crippen LogP contribution is 2.29. The van der Waals surface area contributed by atoms with Crippen LogP contribution in [0.15, 0.2) is 49.0 Å². The van der Waals surface area contributed by atoms with Crippen molar-refractivity contribution in [3.05, 3.63) is 70.3 Å². The summed E-state index contributed by atoms with van der Waals surface area (Å²) in [5.74, 6) is 1.34. The Bertz CT molecular complexity index is 675. The fourth-order valence-corrected chi connectivity index (χ4v) is 1.98. The minimum atomic E-state index is -0.428. The lowest BCUT2D eigenvalue weighted by molar-refractivity contribution is -0.384. The van der Waals surface area contributed by atoms with Crippen molar-refractivity contribution < 1.29 is 9.66 Å². The van der Waals surface area contributed by atoms with Crippen LogP contribution < -0.4 is 4.74 Å². The van der Waals surface area contributed by atoms with Crippen LogP contribution in [0.4, 0.5) is 5.69 Å². The zero-order chi connectivity index (χ0) is 15.4. The number of nitrogens with zero attached hydrogens (tertiary/aromatic N) is 1. The molecule has 0 amide bonds. The summed E-state index contributed by atoms with van der Waals surface area (Å²) >= 11 is 0. The summed E-state index contributed by atoms with van der Waals surface area (Å²) in [6.45, 7) is 7.96. The van der Waals surface area contributed by atoms with Crippen molar-refractivity contribution in [1.29, 1.82) is 0 Å². The van der Waals surface area contributed by atoms with Gasteiger partial charge in [-0.3, -0.25) is 10.1 Å². The quantitative estimate of drug-likeness (QED) is 0.574. The predicted molar refractivity (Wildman–Crippen MR) is 83.7 cm³/mol. The van der Waals surface area contributed by atoms with E-state index in [1.54, 1.807) is 12.1 Å². The van der Waals surface area contributed by atoms with Crippen molar-refractivity contribution in [2.75, 3.05) is 0 Å². The van der Waals surface area contributed by atoms with Gasteiger partial charge in [0, 0.05) is 12.1 Å². The van der Waals surface area contributed by atoms with E-state index in [0.717, 1.165) is 28.9 Å². The van der Waals surface area contributed by atoms with Crippen LogP contribution in [0.25, 0.3) is 5.57 Å². The summed E-state index contributed by atoms with van der Waals surface area (Å²) in [5.41, 5.74) is 3.22. The molecule has 0 fully saturated rings. The molecule has 108 valence electrons. The van der Waals surface area contributed by atoms with Gasteiger partial charge in [-0.05, 0) is 48.7 Å². The Hall–Kier alpha value is -2.62. The van der Waals surface area contributed by atoms with Crippen LogP contribution in [0.5, 0.6) is 11.5 Å². The van der Waals surface area contributed by atoms with Gasteiger partial charge in [0.1, 0.15) is 11.5 Å². The Labute approximate surface area is 123 Å². The number of non-ortho nitro benzene ring substituents is 1. The molecule has 0 saturated carbocycles. The first kappa shape index (κ1) is 14.8. The molecule has 0 aliphatic rings. The van der Waals surface area contributed by atoms with Crippen LogP contribution in [-0.4, -0.2) is 4.92 Å². The average Bonchev–Trinajstić information content (AvgIpc) is 2.48. The van der Waals surface area contributed by atoms with Gasteiger partial charge < -0.3 is 4.74 Å². The van der Waals surface area contributed by atoms with Gasteiger partial charge in [-0.15, -0.1) is 0 Å². The fourth-order valence-electron chi connectivity index (χ4n) is 1.98. The van der Waals surface area contributed by atoms with E-state index in [1.165, 1.54) is 12.1 Å². The van der Waals surface area contributed by atoms with E-state index in [1.807, 2.05) is 19.1 Å². The van der Waals surface area contributed by atoms with Crippen LogP contribution in [0.2, 0.25) is 0 Å². The standard InChI is InChI=1S/C17H17NO3/c1-4-13-11-14(12(2)3)5-10-17(13)21-16-8-6-15(7-9-16)18(19)20/h5-11H,2,4H2,1,3H3. The Morgan fingerprint density at radius 3 is 2.43 bits per heavy atom. The number of rotatable bonds is 5. The van der Waals surface area contributed by atoms with Crippen LogP contribution in [0.3, 0.4) is 0 Å². The third kappa shape index (κ3) is 3.48. The molecule has 0 unspecified atom stereocenters. The summed E-state index contributed by atoms with van der Waals surface area (Å²) in [6, 6.07) is 12.0. The van der Waals surface area contributed by atoms with Crippen LogP contribution >= 0.6 is 0 Å². The summed E-state index contributed by atoms with van der Waals surface area (Å²) < 4.78 is 5.82. The summed E-state index contributed by atoms with van der Waals surface area (Å²) in [5, 5.41) is 10.6. The summed E-state index contributed by atoms with van der Waals surface area (Å²) in [6.07, 6.45) is 0.837. The number of allylic oxidation sites excluding steroid dienone is 1. The zero-order valence-electron chi connectivity index (χ0n) is 12.1. The normalized spacial score (nSPS) is 10.2. The molecule has 2 aromatic carbocycles. The average molecular weight is 283 g/mol. The second kappa shape index (κ2) is 6.22. The maximum absolute atomic E-state index is 10.6. The van der Waals surface area contributed by atoms with Crippen molar-refractivity contribution in [3.63, 3.8) is 0 Å². The first-order chi connectivity index (χ1) is 10.0. The molecule has 2 rings (SSSR count). The lowest BCUT2D eigenvalue weighted by Crippen LogP contribution is -1.93. The minimum Gasteiger partial charge on any atom is -0.457 e. The van der Waals surface area contributed by atoms with Gasteiger partial charge in [-0.1, -0.05) is 25.1 Å². The number of nitro groups is 1. The summed E-state index contributed by atoms with van der Waals surface area (Å²) in [7, 11) is 0. The fraction of sp³-hybridized carbons (Fsp3) is 0.176. The highest BCUT2D eigenvalue weighted by molar-refractivity contribution is 5.63. The third-order valence-electron chi connectivity index (χ3n) is 3.21. The van der Waals surface area contributed by atoms with E-state index in [4.69, 9.17) is 4.74 Å². The maximum Gasteiger partial charge on any atom is 0.269 e. The smallest absolute Gasteiger partial charge is 0.269 e. The second-order valence-corrected chi connectivity index (χ2v) is 4.81. The van der Waals surface area contributed by atoms with Crippen molar-refractivity contribution in [3.8, 4) is 11.5 Å². The van der Waals surface area contributed by atoms with Crippen molar-refractivity contribution in [2.45, 2.75) is 20.3 Å². The highest BCUT2D eigenvalue weighted by Gasteiger charge is 2.08. The zero-order valence-corrected chi connectivity index (χ0v) is 12.1. The largest absolute Gasteiger partial charge is 0.457 e. The van der Waals surface area contributed by atoms with E-state index in [2.05, 4.69) is 19.6 Å². The maximum atomic E-state index is 10.6. The third-order valence-corrected chi connectivity index (χ3v) is 3.21. The van der Waals surface area contributed by atoms with E-state index in [9.17, 15) is 10.1 Å². The van der Waals surface area contributed by atoms with Gasteiger partial charge in [0.25, 0.3) is 5.69 Å². The van der Waals surface area contributed by atoms with Gasteiger partial charge in [0.05, 0.1) is 4.92 Å². The molecule has 0 aliphatic heterocycles.